The van der Waals surface area contributed by atoms with E-state index in [4.69, 9.17) is 0 Å². The van der Waals surface area contributed by atoms with Crippen LogP contribution in [0.3, 0.4) is 0 Å². The van der Waals surface area contributed by atoms with E-state index in [1.54, 1.807) is 0 Å². The summed E-state index contributed by atoms with van der Waals surface area (Å²) in [5, 5.41) is 9.21. The van der Waals surface area contributed by atoms with Crippen LogP contribution in [0.2, 0.25) is 0 Å². The Morgan fingerprint density at radius 3 is 2.74 bits per heavy atom. The van der Waals surface area contributed by atoms with E-state index in [0.717, 1.165) is 18.2 Å². The average molecular weight is 257 g/mol. The Bertz CT molecular complexity index is 654. The van der Waals surface area contributed by atoms with Gasteiger partial charge >= 0.3 is 5.97 Å². The lowest BCUT2D eigenvalue weighted by atomic mass is 10.1. The monoisotopic (exact) mass is 257 g/mol. The summed E-state index contributed by atoms with van der Waals surface area (Å²) >= 11 is 0. The second-order valence-electron chi connectivity index (χ2n) is 4.50. The number of carboxylic acid groups (broad SMARTS) is 1. The average Bonchev–Trinajstić information content (AvgIpc) is 2.82. The van der Waals surface area contributed by atoms with Crippen molar-refractivity contribution in [3.8, 4) is 0 Å². The van der Waals surface area contributed by atoms with Crippen molar-refractivity contribution in [1.29, 1.82) is 0 Å². The number of benzene rings is 2. The third-order valence-electron chi connectivity index (χ3n) is 3.37. The zero-order chi connectivity index (χ0) is 13.4. The number of hydrogen-bond acceptors (Lipinski definition) is 2. The molecule has 0 amide bonds. The highest BCUT2D eigenvalue weighted by Gasteiger charge is 2.24. The number of fused-ring (bicyclic) bond motifs is 1. The van der Waals surface area contributed by atoms with E-state index < -0.39 is 11.8 Å². The van der Waals surface area contributed by atoms with Gasteiger partial charge in [-0.2, -0.15) is 0 Å². The maximum atomic E-state index is 13.2. The van der Waals surface area contributed by atoms with Gasteiger partial charge in [0.25, 0.3) is 0 Å². The number of halogens is 1. The fraction of sp³-hybridized carbons (Fsp3) is 0.133. The molecular weight excluding hydrogens is 245 g/mol. The molecule has 96 valence electrons. The second-order valence-corrected chi connectivity index (χ2v) is 4.50. The molecule has 0 saturated heterocycles. The van der Waals surface area contributed by atoms with Crippen molar-refractivity contribution in [3.63, 3.8) is 0 Å². The van der Waals surface area contributed by atoms with Gasteiger partial charge in [0, 0.05) is 12.2 Å². The molecule has 0 aromatic heterocycles. The molecule has 2 aromatic carbocycles. The smallest absolute Gasteiger partial charge is 0.337 e. The molecule has 19 heavy (non-hydrogen) atoms. The Hall–Kier alpha value is -2.36. The van der Waals surface area contributed by atoms with Gasteiger partial charge < -0.3 is 10.0 Å². The maximum absolute atomic E-state index is 13.2. The van der Waals surface area contributed by atoms with Crippen molar-refractivity contribution in [3.05, 3.63) is 59.4 Å². The highest BCUT2D eigenvalue weighted by Crippen LogP contribution is 2.36. The summed E-state index contributed by atoms with van der Waals surface area (Å²) in [5.41, 5.74) is 2.72. The Morgan fingerprint density at radius 1 is 1.16 bits per heavy atom. The molecule has 3 rings (SSSR count). The summed E-state index contributed by atoms with van der Waals surface area (Å²) in [6.45, 7) is 0.714. The normalized spacial score (nSPS) is 13.4. The van der Waals surface area contributed by atoms with Gasteiger partial charge in [-0.15, -0.1) is 0 Å². The highest BCUT2D eigenvalue weighted by atomic mass is 19.1. The molecular formula is C15H12FNO2. The van der Waals surface area contributed by atoms with Crippen LogP contribution in [0.15, 0.2) is 42.5 Å². The summed E-state index contributed by atoms with van der Waals surface area (Å²) in [6, 6.07) is 11.8. The quantitative estimate of drug-likeness (QED) is 0.898. The number of rotatable bonds is 2. The summed E-state index contributed by atoms with van der Waals surface area (Å²) in [6.07, 6.45) is 0.868. The van der Waals surface area contributed by atoms with Gasteiger partial charge in [0.05, 0.1) is 11.3 Å². The van der Waals surface area contributed by atoms with Gasteiger partial charge in [-0.05, 0) is 36.2 Å². The first-order valence-corrected chi connectivity index (χ1v) is 6.05. The van der Waals surface area contributed by atoms with Gasteiger partial charge in [-0.25, -0.2) is 9.18 Å². The van der Waals surface area contributed by atoms with Crippen molar-refractivity contribution >= 4 is 17.3 Å². The lowest BCUT2D eigenvalue weighted by Gasteiger charge is -2.21. The Kier molecular flexibility index (Phi) is 2.71. The minimum atomic E-state index is -1.11. The SMILES string of the molecule is O=C(O)c1cc(F)ccc1N1CCc2ccccc21. The van der Waals surface area contributed by atoms with E-state index >= 15 is 0 Å². The molecule has 1 aliphatic rings. The van der Waals surface area contributed by atoms with Crippen molar-refractivity contribution < 1.29 is 14.3 Å². The predicted molar refractivity (Wildman–Crippen MR) is 70.5 cm³/mol. The minimum absolute atomic E-state index is 0.00305. The van der Waals surface area contributed by atoms with E-state index in [1.807, 2.05) is 29.2 Å². The predicted octanol–water partition coefficient (Wildman–Crippen LogP) is 3.22. The van der Waals surface area contributed by atoms with Crippen LogP contribution in [-0.4, -0.2) is 17.6 Å². The Balaban J connectivity index is 2.12. The molecule has 4 heteroatoms. The largest absolute Gasteiger partial charge is 0.478 e. The number of carbonyl (C=O) groups is 1. The number of aromatic carboxylic acids is 1. The van der Waals surface area contributed by atoms with Gasteiger partial charge in [-0.1, -0.05) is 18.2 Å². The molecule has 0 saturated carbocycles. The Labute approximate surface area is 109 Å². The molecule has 0 bridgehead atoms. The number of nitrogens with zero attached hydrogens (tertiary/aromatic N) is 1. The van der Waals surface area contributed by atoms with Gasteiger partial charge in [0.15, 0.2) is 0 Å². The molecule has 0 fully saturated rings. The van der Waals surface area contributed by atoms with E-state index in [-0.39, 0.29) is 5.56 Å². The first-order chi connectivity index (χ1) is 9.16. The third-order valence-corrected chi connectivity index (χ3v) is 3.37. The fourth-order valence-electron chi connectivity index (χ4n) is 2.50. The van der Waals surface area contributed by atoms with E-state index in [1.165, 1.54) is 17.7 Å². The third kappa shape index (κ3) is 1.95. The number of hydrogen-bond donors (Lipinski definition) is 1. The molecule has 0 atom stereocenters. The minimum Gasteiger partial charge on any atom is -0.478 e. The number of carboxylic acids is 1. The zero-order valence-corrected chi connectivity index (χ0v) is 10.1. The van der Waals surface area contributed by atoms with Crippen LogP contribution in [0.1, 0.15) is 15.9 Å². The maximum Gasteiger partial charge on any atom is 0.337 e. The Morgan fingerprint density at radius 2 is 1.95 bits per heavy atom. The number of anilines is 2. The topological polar surface area (TPSA) is 40.5 Å². The molecule has 2 aromatic rings. The molecule has 1 heterocycles. The fourth-order valence-corrected chi connectivity index (χ4v) is 2.50. The van der Waals surface area contributed by atoms with Gasteiger partial charge in [-0.3, -0.25) is 0 Å². The lowest BCUT2D eigenvalue weighted by molar-refractivity contribution is 0.0697. The van der Waals surface area contributed by atoms with Crippen LogP contribution in [0, 0.1) is 5.82 Å². The first kappa shape index (κ1) is 11.7. The van der Waals surface area contributed by atoms with Crippen molar-refractivity contribution in [2.24, 2.45) is 0 Å². The van der Waals surface area contributed by atoms with Gasteiger partial charge in [0.1, 0.15) is 5.82 Å². The van der Waals surface area contributed by atoms with E-state index in [0.29, 0.717) is 12.2 Å². The summed E-state index contributed by atoms with van der Waals surface area (Å²) in [4.78, 5) is 13.2. The van der Waals surface area contributed by atoms with E-state index in [2.05, 4.69) is 0 Å². The van der Waals surface area contributed by atoms with Crippen molar-refractivity contribution in [2.45, 2.75) is 6.42 Å². The van der Waals surface area contributed by atoms with E-state index in [9.17, 15) is 14.3 Å². The van der Waals surface area contributed by atoms with Gasteiger partial charge in [0.2, 0.25) is 0 Å². The van der Waals surface area contributed by atoms with Crippen LogP contribution in [0.4, 0.5) is 15.8 Å². The molecule has 1 N–H and O–H groups in total. The van der Waals surface area contributed by atoms with Crippen LogP contribution < -0.4 is 4.90 Å². The summed E-state index contributed by atoms with van der Waals surface area (Å²) < 4.78 is 13.2. The first-order valence-electron chi connectivity index (χ1n) is 6.05. The van der Waals surface area contributed by atoms with Crippen LogP contribution >= 0.6 is 0 Å². The number of para-hydroxylation sites is 1. The summed E-state index contributed by atoms with van der Waals surface area (Å²) in [5.74, 6) is -1.65. The molecule has 1 aliphatic heterocycles. The summed E-state index contributed by atoms with van der Waals surface area (Å²) in [7, 11) is 0. The zero-order valence-electron chi connectivity index (χ0n) is 10.1. The van der Waals surface area contributed by atoms with Crippen LogP contribution in [-0.2, 0) is 6.42 Å². The molecule has 0 radical (unpaired) electrons. The van der Waals surface area contributed by atoms with Crippen LogP contribution in [0.25, 0.3) is 0 Å². The van der Waals surface area contributed by atoms with Crippen LogP contribution in [0.5, 0.6) is 0 Å². The molecule has 0 unspecified atom stereocenters. The standard InChI is InChI=1S/C15H12FNO2/c16-11-5-6-14(12(9-11)15(18)19)17-8-7-10-3-1-2-4-13(10)17/h1-6,9H,7-8H2,(H,18,19). The van der Waals surface area contributed by atoms with Crippen molar-refractivity contribution in [1.82, 2.24) is 0 Å². The highest BCUT2D eigenvalue weighted by molar-refractivity contribution is 5.96. The molecule has 0 aliphatic carbocycles. The van der Waals surface area contributed by atoms with Crippen molar-refractivity contribution in [2.75, 3.05) is 11.4 Å². The lowest BCUT2D eigenvalue weighted by Crippen LogP contribution is -2.17. The molecule has 3 nitrogen and oxygen atoms in total. The molecule has 0 spiro atoms. The second kappa shape index (κ2) is 4.39.